The van der Waals surface area contributed by atoms with Gasteiger partial charge in [-0.1, -0.05) is 18.2 Å². The summed E-state index contributed by atoms with van der Waals surface area (Å²) in [5.74, 6) is -0.279. The molecule has 0 saturated carbocycles. The zero-order valence-corrected chi connectivity index (χ0v) is 20.2. The van der Waals surface area contributed by atoms with E-state index in [1.165, 1.54) is 4.57 Å². The van der Waals surface area contributed by atoms with E-state index in [1.54, 1.807) is 30.0 Å². The van der Waals surface area contributed by atoms with Crippen molar-refractivity contribution in [2.24, 2.45) is 7.05 Å². The molecule has 1 aromatic carbocycles. The summed E-state index contributed by atoms with van der Waals surface area (Å²) in [5.41, 5.74) is 2.58. The van der Waals surface area contributed by atoms with Crippen LogP contribution in [0.4, 0.5) is 11.4 Å². The van der Waals surface area contributed by atoms with Crippen LogP contribution in [0, 0.1) is 6.92 Å². The highest BCUT2D eigenvalue weighted by Crippen LogP contribution is 2.29. The lowest BCUT2D eigenvalue weighted by Crippen LogP contribution is -2.49. The van der Waals surface area contributed by atoms with Crippen molar-refractivity contribution in [3.05, 3.63) is 62.4 Å². The van der Waals surface area contributed by atoms with Gasteiger partial charge in [-0.3, -0.25) is 23.5 Å². The van der Waals surface area contributed by atoms with Gasteiger partial charge in [0.1, 0.15) is 11.9 Å². The number of carbonyl (C=O) groups is 2. The third-order valence-electron chi connectivity index (χ3n) is 7.03. The van der Waals surface area contributed by atoms with E-state index in [-0.39, 0.29) is 24.0 Å². The number of amides is 2. The van der Waals surface area contributed by atoms with E-state index in [0.29, 0.717) is 43.8 Å². The highest BCUT2D eigenvalue weighted by atomic mass is 16.2. The fraction of sp³-hybridized carbons (Fsp3) is 0.400. The number of hydrogen-bond donors (Lipinski definition) is 0. The highest BCUT2D eigenvalue weighted by molar-refractivity contribution is 5.96. The van der Waals surface area contributed by atoms with Gasteiger partial charge in [0.15, 0.2) is 5.65 Å². The second-order valence-corrected chi connectivity index (χ2v) is 9.14. The Labute approximate surface area is 202 Å². The second-order valence-electron chi connectivity index (χ2n) is 9.14. The molecule has 182 valence electrons. The molecule has 1 saturated heterocycles. The molecule has 0 aliphatic carbocycles. The summed E-state index contributed by atoms with van der Waals surface area (Å²) in [6.45, 7) is 5.81. The zero-order valence-electron chi connectivity index (χ0n) is 20.2. The molecular formula is C25H28N6O4. The zero-order chi connectivity index (χ0) is 24.9. The largest absolute Gasteiger partial charge is 0.367 e. The lowest BCUT2D eigenvalue weighted by Gasteiger charge is -2.36. The minimum Gasteiger partial charge on any atom is -0.367 e. The number of benzene rings is 1. The van der Waals surface area contributed by atoms with E-state index < -0.39 is 11.2 Å². The lowest BCUT2D eigenvalue weighted by molar-refractivity contribution is -0.129. The molecule has 10 heteroatoms. The third-order valence-corrected chi connectivity index (χ3v) is 7.03. The van der Waals surface area contributed by atoms with Crippen molar-refractivity contribution in [3.8, 4) is 0 Å². The summed E-state index contributed by atoms with van der Waals surface area (Å²) < 4.78 is 2.35. The number of piperazine rings is 1. The molecule has 0 spiro atoms. The topological polar surface area (TPSA) is 101 Å². The van der Waals surface area contributed by atoms with Gasteiger partial charge in [0.2, 0.25) is 11.8 Å². The van der Waals surface area contributed by atoms with Crippen molar-refractivity contribution >= 4 is 34.2 Å². The molecule has 0 radical (unpaired) electrons. The Hall–Kier alpha value is -3.95. The standard InChI is InChI=1S/C25H28N6O4/c1-16-14-26-23-21(22(16)29-12-10-28(11-13-29)17(2)32)24(34)31(25(35)27(23)3)15-20(33)30-9-8-18-6-4-5-7-19(18)30/h4-7,14H,8-13,15H2,1-3H3. The Morgan fingerprint density at radius 1 is 1.03 bits per heavy atom. The number of nitrogens with zero attached hydrogens (tertiary/aromatic N) is 6. The molecule has 5 rings (SSSR count). The third kappa shape index (κ3) is 3.78. The van der Waals surface area contributed by atoms with E-state index >= 15 is 0 Å². The number of para-hydroxylation sites is 1. The maximum atomic E-state index is 13.7. The van der Waals surface area contributed by atoms with Gasteiger partial charge in [-0.2, -0.15) is 0 Å². The summed E-state index contributed by atoms with van der Waals surface area (Å²) in [6, 6.07) is 7.67. The van der Waals surface area contributed by atoms with E-state index in [4.69, 9.17) is 0 Å². The Morgan fingerprint density at radius 3 is 2.46 bits per heavy atom. The maximum absolute atomic E-state index is 13.7. The van der Waals surface area contributed by atoms with Crippen LogP contribution >= 0.6 is 0 Å². The molecule has 3 aromatic rings. The molecule has 0 unspecified atom stereocenters. The maximum Gasteiger partial charge on any atom is 0.332 e. The average Bonchev–Trinajstić information content (AvgIpc) is 3.29. The molecule has 10 nitrogen and oxygen atoms in total. The number of anilines is 2. The molecule has 1 fully saturated rings. The van der Waals surface area contributed by atoms with Crippen LogP contribution in [0.5, 0.6) is 0 Å². The summed E-state index contributed by atoms with van der Waals surface area (Å²) in [4.78, 5) is 61.7. The van der Waals surface area contributed by atoms with Gasteiger partial charge >= 0.3 is 5.69 Å². The normalized spacial score (nSPS) is 15.6. The van der Waals surface area contributed by atoms with Crippen molar-refractivity contribution in [3.63, 3.8) is 0 Å². The molecule has 4 heterocycles. The Balaban J connectivity index is 1.57. The van der Waals surface area contributed by atoms with E-state index in [2.05, 4.69) is 9.88 Å². The minimum absolute atomic E-state index is 0.0210. The van der Waals surface area contributed by atoms with Crippen LogP contribution in [0.1, 0.15) is 18.1 Å². The predicted octanol–water partition coefficient (Wildman–Crippen LogP) is 0.661. The van der Waals surface area contributed by atoms with Crippen LogP contribution in [0.15, 0.2) is 40.1 Å². The van der Waals surface area contributed by atoms with Gasteiger partial charge in [-0.15, -0.1) is 0 Å². The molecule has 2 amide bonds. The van der Waals surface area contributed by atoms with Crippen molar-refractivity contribution in [1.82, 2.24) is 19.0 Å². The summed E-state index contributed by atoms with van der Waals surface area (Å²) in [5, 5.41) is 0.318. The highest BCUT2D eigenvalue weighted by Gasteiger charge is 2.28. The van der Waals surface area contributed by atoms with Crippen molar-refractivity contribution in [2.45, 2.75) is 26.8 Å². The van der Waals surface area contributed by atoms with Crippen LogP contribution in [0.2, 0.25) is 0 Å². The molecule has 2 aromatic heterocycles. The fourth-order valence-corrected chi connectivity index (χ4v) is 5.14. The summed E-state index contributed by atoms with van der Waals surface area (Å²) >= 11 is 0. The van der Waals surface area contributed by atoms with Gasteiger partial charge in [0.05, 0.1) is 5.69 Å². The monoisotopic (exact) mass is 476 g/mol. The summed E-state index contributed by atoms with van der Waals surface area (Å²) in [6.07, 6.45) is 2.40. The van der Waals surface area contributed by atoms with Gasteiger partial charge in [-0.25, -0.2) is 9.78 Å². The molecule has 35 heavy (non-hydrogen) atoms. The van der Waals surface area contributed by atoms with Gasteiger partial charge in [-0.05, 0) is 30.5 Å². The molecular weight excluding hydrogens is 448 g/mol. The Kier molecular flexibility index (Phi) is 5.66. The number of carbonyl (C=O) groups excluding carboxylic acids is 2. The van der Waals surface area contributed by atoms with E-state index in [1.807, 2.05) is 31.2 Å². The van der Waals surface area contributed by atoms with Crippen LogP contribution in [-0.4, -0.2) is 63.6 Å². The first kappa shape index (κ1) is 22.8. The smallest absolute Gasteiger partial charge is 0.332 e. The lowest BCUT2D eigenvalue weighted by atomic mass is 10.1. The SMILES string of the molecule is CC(=O)N1CCN(c2c(C)cnc3c2c(=O)n(CC(=O)N2CCc4ccccc42)c(=O)n3C)CC1. The Bertz CT molecular complexity index is 1470. The number of rotatable bonds is 3. The average molecular weight is 477 g/mol. The number of fused-ring (bicyclic) bond motifs is 2. The number of aryl methyl sites for hydroxylation is 2. The molecule has 2 aliphatic rings. The van der Waals surface area contributed by atoms with Gasteiger partial charge < -0.3 is 14.7 Å². The van der Waals surface area contributed by atoms with Crippen molar-refractivity contribution in [1.29, 1.82) is 0 Å². The number of hydrogen-bond acceptors (Lipinski definition) is 6. The predicted molar refractivity (Wildman–Crippen MR) is 133 cm³/mol. The number of aromatic nitrogens is 3. The molecule has 0 atom stereocenters. The Morgan fingerprint density at radius 2 is 1.74 bits per heavy atom. The quantitative estimate of drug-likeness (QED) is 0.551. The van der Waals surface area contributed by atoms with Crippen molar-refractivity contribution < 1.29 is 9.59 Å². The van der Waals surface area contributed by atoms with E-state index in [0.717, 1.165) is 27.8 Å². The first-order valence-electron chi connectivity index (χ1n) is 11.8. The van der Waals surface area contributed by atoms with Gasteiger partial charge in [0.25, 0.3) is 5.56 Å². The first-order valence-corrected chi connectivity index (χ1v) is 11.8. The molecule has 0 bridgehead atoms. The number of pyridine rings is 1. The molecule has 2 aliphatic heterocycles. The minimum atomic E-state index is -0.577. The van der Waals surface area contributed by atoms with Crippen molar-refractivity contribution in [2.75, 3.05) is 42.5 Å². The second kappa shape index (κ2) is 8.68. The summed E-state index contributed by atoms with van der Waals surface area (Å²) in [7, 11) is 1.57. The fourth-order valence-electron chi connectivity index (χ4n) is 5.14. The van der Waals surface area contributed by atoms with Crippen LogP contribution < -0.4 is 21.0 Å². The molecule has 0 N–H and O–H groups in total. The van der Waals surface area contributed by atoms with Gasteiger partial charge in [0, 0.05) is 58.6 Å². The van der Waals surface area contributed by atoms with E-state index in [9.17, 15) is 19.2 Å². The van der Waals surface area contributed by atoms with Crippen LogP contribution in [-0.2, 0) is 29.6 Å². The van der Waals surface area contributed by atoms with Crippen LogP contribution in [0.3, 0.4) is 0 Å². The first-order chi connectivity index (χ1) is 16.8. The van der Waals surface area contributed by atoms with Crippen LogP contribution in [0.25, 0.3) is 11.0 Å².